The van der Waals surface area contributed by atoms with Crippen LogP contribution in [-0.4, -0.2) is 42.6 Å². The largest absolute Gasteiger partial charge is 0.367 e. The third-order valence-corrected chi connectivity index (χ3v) is 5.48. The molecule has 5 nitrogen and oxygen atoms in total. The minimum absolute atomic E-state index is 0.196. The molecule has 4 rings (SSSR count). The van der Waals surface area contributed by atoms with Crippen LogP contribution in [0.3, 0.4) is 0 Å². The van der Waals surface area contributed by atoms with Crippen molar-refractivity contribution in [3.63, 3.8) is 0 Å². The number of likely N-dealkylation sites (N-methyl/N-ethyl adjacent to an activating group) is 1. The van der Waals surface area contributed by atoms with E-state index in [9.17, 15) is 9.65 Å². The fourth-order valence-electron chi connectivity index (χ4n) is 3.77. The number of rotatable bonds is 5. The third-order valence-electron chi connectivity index (χ3n) is 5.48. The van der Waals surface area contributed by atoms with Gasteiger partial charge in [0.1, 0.15) is 11.6 Å². The van der Waals surface area contributed by atoms with Gasteiger partial charge in [0, 0.05) is 38.1 Å². The number of hydrogen-bond acceptors (Lipinski definition) is 5. The predicted molar refractivity (Wildman–Crippen MR) is 115 cm³/mol. The molecule has 1 aliphatic heterocycles. The molecule has 1 aromatic heterocycles. The molecule has 0 atom stereocenters. The molecule has 1 fully saturated rings. The molecule has 1 saturated heterocycles. The molecule has 0 amide bonds. The molecule has 29 heavy (non-hydrogen) atoms. The van der Waals surface area contributed by atoms with Crippen molar-refractivity contribution in [1.82, 2.24) is 9.88 Å². The van der Waals surface area contributed by atoms with E-state index in [4.69, 9.17) is 0 Å². The van der Waals surface area contributed by atoms with Gasteiger partial charge in [-0.1, -0.05) is 31.2 Å². The maximum atomic E-state index is 14.7. The zero-order valence-corrected chi connectivity index (χ0v) is 16.5. The molecule has 0 radical (unpaired) electrons. The highest BCUT2D eigenvalue weighted by atomic mass is 19.1. The number of para-hydroxylation sites is 1. The second-order valence-electron chi connectivity index (χ2n) is 7.24. The Kier molecular flexibility index (Phi) is 5.59. The Morgan fingerprint density at radius 3 is 2.62 bits per heavy atom. The minimum Gasteiger partial charge on any atom is -0.367 e. The lowest BCUT2D eigenvalue weighted by atomic mass is 10.1. The summed E-state index contributed by atoms with van der Waals surface area (Å²) < 4.78 is 14.7. The van der Waals surface area contributed by atoms with Gasteiger partial charge in [0.15, 0.2) is 0 Å². The Hall–Kier alpha value is -3.17. The van der Waals surface area contributed by atoms with Crippen molar-refractivity contribution in [3.8, 4) is 6.07 Å². The van der Waals surface area contributed by atoms with Gasteiger partial charge < -0.3 is 15.1 Å². The van der Waals surface area contributed by atoms with Crippen LogP contribution >= 0.6 is 0 Å². The topological polar surface area (TPSA) is 55.2 Å². The van der Waals surface area contributed by atoms with Crippen LogP contribution in [0.4, 0.5) is 15.9 Å². The first-order valence-electron chi connectivity index (χ1n) is 9.97. The number of nitriles is 1. The van der Waals surface area contributed by atoms with Gasteiger partial charge in [-0.3, -0.25) is 0 Å². The Morgan fingerprint density at radius 2 is 1.90 bits per heavy atom. The molecular weight excluding hydrogens is 365 g/mol. The van der Waals surface area contributed by atoms with Crippen molar-refractivity contribution < 1.29 is 4.39 Å². The molecule has 0 bridgehead atoms. The lowest BCUT2D eigenvalue weighted by molar-refractivity contribution is 0.270. The number of aromatic nitrogens is 1. The highest BCUT2D eigenvalue weighted by molar-refractivity contribution is 5.86. The third kappa shape index (κ3) is 4.15. The zero-order chi connectivity index (χ0) is 20.2. The number of hydrogen-bond donors (Lipinski definition) is 1. The number of piperazine rings is 1. The lowest BCUT2D eigenvalue weighted by Crippen LogP contribution is -2.46. The lowest BCUT2D eigenvalue weighted by Gasteiger charge is -2.35. The molecule has 0 aliphatic carbocycles. The van der Waals surface area contributed by atoms with Gasteiger partial charge in [-0.2, -0.15) is 5.26 Å². The summed E-state index contributed by atoms with van der Waals surface area (Å²) in [6.45, 7) is 7.26. The van der Waals surface area contributed by atoms with E-state index in [1.807, 2.05) is 36.4 Å². The molecule has 148 valence electrons. The standard InChI is InChI=1S/C23H24FN5/c1-2-28-9-11-29(12-10-28)22-8-7-17(13-20(22)24)16-26-23-14-18(15-25)19-5-3-4-6-21(19)27-23/h3-8,13-14H,2,9-12,16H2,1H3,(H,26,27). The van der Waals surface area contributed by atoms with E-state index in [1.165, 1.54) is 0 Å². The van der Waals surface area contributed by atoms with Crippen molar-refractivity contribution in [2.45, 2.75) is 13.5 Å². The van der Waals surface area contributed by atoms with Crippen molar-refractivity contribution in [2.75, 3.05) is 42.9 Å². The van der Waals surface area contributed by atoms with Crippen LogP contribution in [0.1, 0.15) is 18.1 Å². The van der Waals surface area contributed by atoms with Gasteiger partial charge in [0.25, 0.3) is 0 Å². The first-order valence-corrected chi connectivity index (χ1v) is 9.97. The fourth-order valence-corrected chi connectivity index (χ4v) is 3.77. The van der Waals surface area contributed by atoms with Crippen molar-refractivity contribution >= 4 is 22.4 Å². The monoisotopic (exact) mass is 389 g/mol. The first kappa shape index (κ1) is 19.2. The van der Waals surface area contributed by atoms with E-state index in [0.717, 1.165) is 49.2 Å². The second-order valence-corrected chi connectivity index (χ2v) is 7.24. The summed E-state index contributed by atoms with van der Waals surface area (Å²) in [6, 6.07) is 16.9. The van der Waals surface area contributed by atoms with E-state index in [1.54, 1.807) is 12.1 Å². The molecule has 1 N–H and O–H groups in total. The average Bonchev–Trinajstić information content (AvgIpc) is 2.77. The number of anilines is 2. The van der Waals surface area contributed by atoms with Crippen LogP contribution in [0, 0.1) is 17.1 Å². The van der Waals surface area contributed by atoms with E-state index in [0.29, 0.717) is 23.6 Å². The Bertz CT molecular complexity index is 1050. The maximum Gasteiger partial charge on any atom is 0.146 e. The molecule has 2 aromatic carbocycles. The van der Waals surface area contributed by atoms with Gasteiger partial charge in [-0.15, -0.1) is 0 Å². The molecule has 0 saturated carbocycles. The number of nitrogens with zero attached hydrogens (tertiary/aromatic N) is 4. The second kappa shape index (κ2) is 8.46. The summed E-state index contributed by atoms with van der Waals surface area (Å²) in [4.78, 5) is 9.05. The van der Waals surface area contributed by atoms with Crippen molar-refractivity contribution in [1.29, 1.82) is 5.26 Å². The Balaban J connectivity index is 1.46. The summed E-state index contributed by atoms with van der Waals surface area (Å²) in [5, 5.41) is 13.5. The Morgan fingerprint density at radius 1 is 1.10 bits per heavy atom. The average molecular weight is 389 g/mol. The molecule has 3 aromatic rings. The van der Waals surface area contributed by atoms with Crippen LogP contribution < -0.4 is 10.2 Å². The zero-order valence-electron chi connectivity index (χ0n) is 16.5. The predicted octanol–water partition coefficient (Wildman–Crippen LogP) is 4.00. The van der Waals surface area contributed by atoms with Crippen LogP contribution in [0.25, 0.3) is 10.9 Å². The number of nitrogens with one attached hydrogen (secondary N) is 1. The summed E-state index contributed by atoms with van der Waals surface area (Å²) >= 11 is 0. The summed E-state index contributed by atoms with van der Waals surface area (Å²) in [5.41, 5.74) is 2.85. The summed E-state index contributed by atoms with van der Waals surface area (Å²) in [5.74, 6) is 0.416. The smallest absolute Gasteiger partial charge is 0.146 e. The number of pyridine rings is 1. The molecule has 0 unspecified atom stereocenters. The van der Waals surface area contributed by atoms with Gasteiger partial charge in [-0.05, 0) is 36.4 Å². The highest BCUT2D eigenvalue weighted by Crippen LogP contribution is 2.24. The fraction of sp³-hybridized carbons (Fsp3) is 0.304. The van der Waals surface area contributed by atoms with Crippen LogP contribution in [0.2, 0.25) is 0 Å². The quantitative estimate of drug-likeness (QED) is 0.715. The number of halogens is 1. The highest BCUT2D eigenvalue weighted by Gasteiger charge is 2.18. The molecule has 6 heteroatoms. The number of benzene rings is 2. The van der Waals surface area contributed by atoms with E-state index in [2.05, 4.69) is 33.1 Å². The van der Waals surface area contributed by atoms with Gasteiger partial charge in [0.2, 0.25) is 0 Å². The van der Waals surface area contributed by atoms with Crippen molar-refractivity contribution in [3.05, 3.63) is 65.5 Å². The maximum absolute atomic E-state index is 14.7. The number of fused-ring (bicyclic) bond motifs is 1. The molecular formula is C23H24FN5. The normalized spacial score (nSPS) is 14.7. The minimum atomic E-state index is -0.196. The van der Waals surface area contributed by atoms with Crippen molar-refractivity contribution in [2.24, 2.45) is 0 Å². The Labute approximate surface area is 170 Å². The van der Waals surface area contributed by atoms with E-state index >= 15 is 0 Å². The molecule has 2 heterocycles. The first-order chi connectivity index (χ1) is 14.2. The summed E-state index contributed by atoms with van der Waals surface area (Å²) in [6.07, 6.45) is 0. The van der Waals surface area contributed by atoms with Crippen LogP contribution in [-0.2, 0) is 6.54 Å². The SMILES string of the molecule is CCN1CCN(c2ccc(CNc3cc(C#N)c4ccccc4n3)cc2F)CC1. The van der Waals surface area contributed by atoms with Gasteiger partial charge >= 0.3 is 0 Å². The molecule has 0 spiro atoms. The van der Waals surface area contributed by atoms with Crippen LogP contribution in [0.15, 0.2) is 48.5 Å². The van der Waals surface area contributed by atoms with E-state index < -0.39 is 0 Å². The summed E-state index contributed by atoms with van der Waals surface area (Å²) in [7, 11) is 0. The van der Waals surface area contributed by atoms with Gasteiger partial charge in [-0.25, -0.2) is 9.37 Å². The van der Waals surface area contributed by atoms with E-state index in [-0.39, 0.29) is 5.82 Å². The van der Waals surface area contributed by atoms with Gasteiger partial charge in [0.05, 0.1) is 22.8 Å². The van der Waals surface area contributed by atoms with Crippen LogP contribution in [0.5, 0.6) is 0 Å². The molecule has 1 aliphatic rings.